The third-order valence-corrected chi connectivity index (χ3v) is 2.60. The van der Waals surface area contributed by atoms with Crippen LogP contribution in [0.4, 0.5) is 13.2 Å². The first-order valence-corrected chi connectivity index (χ1v) is 6.25. The monoisotopic (exact) mass is 301 g/mol. The average Bonchev–Trinajstić information content (AvgIpc) is 2.68. The number of rotatable bonds is 3. The van der Waals surface area contributed by atoms with E-state index < -0.39 is 12.4 Å². The summed E-state index contributed by atoms with van der Waals surface area (Å²) >= 11 is 0. The SMILES string of the molecule is CC(C)NC1=NC(c2ccc(OC(F)(F)F)cc2)C(=O)N1. The second kappa shape index (κ2) is 5.63. The van der Waals surface area contributed by atoms with E-state index in [2.05, 4.69) is 20.4 Å². The van der Waals surface area contributed by atoms with Crippen LogP contribution in [0.1, 0.15) is 25.5 Å². The van der Waals surface area contributed by atoms with Gasteiger partial charge in [-0.15, -0.1) is 13.2 Å². The summed E-state index contributed by atoms with van der Waals surface area (Å²) in [6.45, 7) is 3.79. The molecule has 5 nitrogen and oxygen atoms in total. The van der Waals surface area contributed by atoms with E-state index in [9.17, 15) is 18.0 Å². The largest absolute Gasteiger partial charge is 0.573 e. The van der Waals surface area contributed by atoms with Crippen molar-refractivity contribution in [2.45, 2.75) is 32.3 Å². The molecule has 2 N–H and O–H groups in total. The van der Waals surface area contributed by atoms with Crippen LogP contribution in [0.3, 0.4) is 0 Å². The summed E-state index contributed by atoms with van der Waals surface area (Å²) in [5.74, 6) is -0.313. The molecule has 1 aliphatic rings. The highest BCUT2D eigenvalue weighted by atomic mass is 19.4. The lowest BCUT2D eigenvalue weighted by Gasteiger charge is -2.10. The molecule has 1 aliphatic heterocycles. The maximum atomic E-state index is 12.1. The van der Waals surface area contributed by atoms with Crippen molar-refractivity contribution >= 4 is 11.9 Å². The minimum absolute atomic E-state index is 0.102. The molecule has 8 heteroatoms. The number of amides is 1. The number of ether oxygens (including phenoxy) is 1. The molecule has 1 heterocycles. The number of alkyl halides is 3. The third kappa shape index (κ3) is 4.11. The van der Waals surface area contributed by atoms with Crippen molar-refractivity contribution in [3.8, 4) is 5.75 Å². The number of guanidine groups is 1. The van der Waals surface area contributed by atoms with E-state index in [1.165, 1.54) is 12.1 Å². The van der Waals surface area contributed by atoms with Gasteiger partial charge in [-0.1, -0.05) is 12.1 Å². The lowest BCUT2D eigenvalue weighted by atomic mass is 10.1. The first kappa shape index (κ1) is 15.1. The number of nitrogens with zero attached hydrogens (tertiary/aromatic N) is 1. The lowest BCUT2D eigenvalue weighted by molar-refractivity contribution is -0.274. The molecule has 0 bridgehead atoms. The van der Waals surface area contributed by atoms with E-state index in [0.717, 1.165) is 12.1 Å². The summed E-state index contributed by atoms with van der Waals surface area (Å²) in [7, 11) is 0. The topological polar surface area (TPSA) is 62.7 Å². The van der Waals surface area contributed by atoms with Crippen molar-refractivity contribution in [2.24, 2.45) is 4.99 Å². The summed E-state index contributed by atoms with van der Waals surface area (Å²) in [5.41, 5.74) is 0.489. The minimum Gasteiger partial charge on any atom is -0.406 e. The number of hydrogen-bond donors (Lipinski definition) is 2. The molecule has 0 saturated carbocycles. The number of aliphatic imine (C=N–C) groups is 1. The molecule has 1 amide bonds. The molecular weight excluding hydrogens is 287 g/mol. The third-order valence-electron chi connectivity index (χ3n) is 2.60. The van der Waals surface area contributed by atoms with Gasteiger partial charge in [0.2, 0.25) is 0 Å². The van der Waals surface area contributed by atoms with E-state index in [1.807, 2.05) is 13.8 Å². The van der Waals surface area contributed by atoms with E-state index in [4.69, 9.17) is 0 Å². The van der Waals surface area contributed by atoms with Crippen LogP contribution in [-0.4, -0.2) is 24.3 Å². The Kier molecular flexibility index (Phi) is 4.06. The van der Waals surface area contributed by atoms with E-state index in [0.29, 0.717) is 11.5 Å². The molecule has 1 aromatic carbocycles. The predicted molar refractivity (Wildman–Crippen MR) is 69.7 cm³/mol. The number of carbonyl (C=O) groups is 1. The highest BCUT2D eigenvalue weighted by Gasteiger charge is 2.32. The van der Waals surface area contributed by atoms with Gasteiger partial charge in [0, 0.05) is 6.04 Å². The van der Waals surface area contributed by atoms with E-state index in [1.54, 1.807) is 0 Å². The number of hydrogen-bond acceptors (Lipinski definition) is 4. The number of halogens is 3. The fourth-order valence-electron chi connectivity index (χ4n) is 1.83. The average molecular weight is 301 g/mol. The van der Waals surface area contributed by atoms with Crippen LogP contribution < -0.4 is 15.4 Å². The fourth-order valence-corrected chi connectivity index (χ4v) is 1.83. The Balaban J connectivity index is 2.11. The standard InChI is InChI=1S/C13H14F3N3O2/c1-7(2)17-12-18-10(11(20)19-12)8-3-5-9(6-4-8)21-13(14,15)16/h3-7,10H,1-2H3,(H2,17,18,19,20). The number of nitrogens with one attached hydrogen (secondary N) is 2. The summed E-state index contributed by atoms with van der Waals surface area (Å²) in [5, 5.41) is 5.53. The molecule has 0 aliphatic carbocycles. The van der Waals surface area contributed by atoms with Crippen molar-refractivity contribution in [3.05, 3.63) is 29.8 Å². The smallest absolute Gasteiger partial charge is 0.406 e. The molecule has 0 aromatic heterocycles. The summed E-state index contributed by atoms with van der Waals surface area (Å²) in [6, 6.07) is 4.40. The van der Waals surface area contributed by atoms with Crippen LogP contribution in [-0.2, 0) is 4.79 Å². The van der Waals surface area contributed by atoms with Gasteiger partial charge < -0.3 is 10.1 Å². The van der Waals surface area contributed by atoms with Gasteiger partial charge in [0.15, 0.2) is 12.0 Å². The number of carbonyl (C=O) groups excluding carboxylic acids is 1. The first-order valence-electron chi connectivity index (χ1n) is 6.25. The van der Waals surface area contributed by atoms with Gasteiger partial charge in [0.05, 0.1) is 0 Å². The lowest BCUT2D eigenvalue weighted by Crippen LogP contribution is -2.40. The van der Waals surface area contributed by atoms with Gasteiger partial charge in [-0.3, -0.25) is 10.1 Å². The Labute approximate surface area is 119 Å². The zero-order valence-corrected chi connectivity index (χ0v) is 11.4. The van der Waals surface area contributed by atoms with Gasteiger partial charge in [0.25, 0.3) is 5.91 Å². The molecule has 0 spiro atoms. The minimum atomic E-state index is -4.74. The fraction of sp³-hybridized carbons (Fsp3) is 0.385. The first-order chi connectivity index (χ1) is 9.74. The van der Waals surface area contributed by atoms with E-state index >= 15 is 0 Å². The molecule has 0 saturated heterocycles. The second-order valence-corrected chi connectivity index (χ2v) is 4.79. The van der Waals surface area contributed by atoms with Gasteiger partial charge in [0.1, 0.15) is 5.75 Å². The Morgan fingerprint density at radius 3 is 2.43 bits per heavy atom. The molecule has 1 aromatic rings. The van der Waals surface area contributed by atoms with Crippen LogP contribution in [0.15, 0.2) is 29.3 Å². The quantitative estimate of drug-likeness (QED) is 0.899. The normalized spacial score (nSPS) is 18.5. The van der Waals surface area contributed by atoms with Crippen molar-refractivity contribution in [1.29, 1.82) is 0 Å². The molecule has 0 radical (unpaired) electrons. The maximum Gasteiger partial charge on any atom is 0.573 e. The van der Waals surface area contributed by atoms with Crippen LogP contribution in [0.2, 0.25) is 0 Å². The van der Waals surface area contributed by atoms with Gasteiger partial charge >= 0.3 is 6.36 Å². The highest BCUT2D eigenvalue weighted by molar-refractivity contribution is 6.05. The molecule has 114 valence electrons. The van der Waals surface area contributed by atoms with Crippen molar-refractivity contribution < 1.29 is 22.7 Å². The van der Waals surface area contributed by atoms with Gasteiger partial charge in [-0.05, 0) is 31.5 Å². The van der Waals surface area contributed by atoms with Crippen molar-refractivity contribution in [2.75, 3.05) is 0 Å². The van der Waals surface area contributed by atoms with Crippen LogP contribution in [0.5, 0.6) is 5.75 Å². The molecule has 21 heavy (non-hydrogen) atoms. The van der Waals surface area contributed by atoms with Crippen LogP contribution >= 0.6 is 0 Å². The Morgan fingerprint density at radius 2 is 1.90 bits per heavy atom. The highest BCUT2D eigenvalue weighted by Crippen LogP contribution is 2.26. The van der Waals surface area contributed by atoms with Crippen molar-refractivity contribution in [1.82, 2.24) is 10.6 Å². The molecule has 0 fully saturated rings. The zero-order valence-electron chi connectivity index (χ0n) is 11.4. The van der Waals surface area contributed by atoms with Gasteiger partial charge in [-0.2, -0.15) is 0 Å². The zero-order chi connectivity index (χ0) is 15.6. The molecule has 2 rings (SSSR count). The van der Waals surface area contributed by atoms with Crippen LogP contribution in [0, 0.1) is 0 Å². The van der Waals surface area contributed by atoms with Gasteiger partial charge in [-0.25, -0.2) is 4.99 Å². The maximum absolute atomic E-state index is 12.1. The summed E-state index contributed by atoms with van der Waals surface area (Å²) < 4.78 is 40.0. The number of benzene rings is 1. The molecule has 1 unspecified atom stereocenters. The Hall–Kier alpha value is -2.25. The molecular formula is C13H14F3N3O2. The predicted octanol–water partition coefficient (Wildman–Crippen LogP) is 2.11. The second-order valence-electron chi connectivity index (χ2n) is 4.79. The summed E-state index contributed by atoms with van der Waals surface area (Å²) in [4.78, 5) is 16.0. The summed E-state index contributed by atoms with van der Waals surface area (Å²) in [6.07, 6.45) is -4.74. The van der Waals surface area contributed by atoms with E-state index in [-0.39, 0.29) is 17.7 Å². The Bertz CT molecular complexity index is 553. The Morgan fingerprint density at radius 1 is 1.29 bits per heavy atom. The van der Waals surface area contributed by atoms with Crippen LogP contribution in [0.25, 0.3) is 0 Å². The van der Waals surface area contributed by atoms with Crippen molar-refractivity contribution in [3.63, 3.8) is 0 Å². The molecule has 1 atom stereocenters.